The molecular formula is C13H19FN2. The van der Waals surface area contributed by atoms with E-state index in [2.05, 4.69) is 11.9 Å². The van der Waals surface area contributed by atoms with Gasteiger partial charge in [-0.1, -0.05) is 6.07 Å². The molecule has 3 heteroatoms. The van der Waals surface area contributed by atoms with Gasteiger partial charge in [0.15, 0.2) is 0 Å². The number of likely N-dealkylation sites (tertiary alicyclic amines) is 1. The van der Waals surface area contributed by atoms with Crippen LogP contribution in [0.4, 0.5) is 10.1 Å². The maximum absolute atomic E-state index is 13.6. The Morgan fingerprint density at radius 1 is 1.38 bits per heavy atom. The van der Waals surface area contributed by atoms with E-state index in [9.17, 15) is 4.39 Å². The average molecular weight is 222 g/mol. The summed E-state index contributed by atoms with van der Waals surface area (Å²) < 4.78 is 13.6. The van der Waals surface area contributed by atoms with Gasteiger partial charge in [-0.3, -0.25) is 0 Å². The Labute approximate surface area is 96.2 Å². The highest BCUT2D eigenvalue weighted by Gasteiger charge is 2.18. The van der Waals surface area contributed by atoms with Crippen LogP contribution in [-0.4, -0.2) is 25.0 Å². The van der Waals surface area contributed by atoms with Crippen LogP contribution in [-0.2, 0) is 6.42 Å². The zero-order valence-corrected chi connectivity index (χ0v) is 9.75. The minimum Gasteiger partial charge on any atom is -0.399 e. The molecule has 2 N–H and O–H groups in total. The Morgan fingerprint density at radius 3 is 2.69 bits per heavy atom. The van der Waals surface area contributed by atoms with Crippen molar-refractivity contribution in [1.82, 2.24) is 4.90 Å². The number of benzene rings is 1. The Morgan fingerprint density at radius 2 is 2.06 bits per heavy atom. The SMILES string of the molecule is CN1CCC(Cc2ccc(N)cc2F)CC1. The molecule has 0 bridgehead atoms. The summed E-state index contributed by atoms with van der Waals surface area (Å²) in [6, 6.07) is 5.03. The highest BCUT2D eigenvalue weighted by atomic mass is 19.1. The largest absolute Gasteiger partial charge is 0.399 e. The topological polar surface area (TPSA) is 29.3 Å². The van der Waals surface area contributed by atoms with Crippen molar-refractivity contribution in [1.29, 1.82) is 0 Å². The third-order valence-corrected chi connectivity index (χ3v) is 3.42. The molecule has 16 heavy (non-hydrogen) atoms. The smallest absolute Gasteiger partial charge is 0.128 e. The molecule has 0 amide bonds. The summed E-state index contributed by atoms with van der Waals surface area (Å²) in [5.41, 5.74) is 6.85. The van der Waals surface area contributed by atoms with Crippen molar-refractivity contribution in [2.24, 2.45) is 5.92 Å². The molecule has 0 unspecified atom stereocenters. The van der Waals surface area contributed by atoms with Gasteiger partial charge in [-0.15, -0.1) is 0 Å². The van der Waals surface area contributed by atoms with Crippen molar-refractivity contribution in [3.8, 4) is 0 Å². The zero-order chi connectivity index (χ0) is 11.5. The number of piperidine rings is 1. The number of nitrogens with two attached hydrogens (primary N) is 1. The van der Waals surface area contributed by atoms with Gasteiger partial charge >= 0.3 is 0 Å². The lowest BCUT2D eigenvalue weighted by molar-refractivity contribution is 0.218. The van der Waals surface area contributed by atoms with Crippen molar-refractivity contribution >= 4 is 5.69 Å². The molecule has 0 atom stereocenters. The highest BCUT2D eigenvalue weighted by Crippen LogP contribution is 2.23. The van der Waals surface area contributed by atoms with Crippen LogP contribution in [0.3, 0.4) is 0 Å². The maximum atomic E-state index is 13.6. The monoisotopic (exact) mass is 222 g/mol. The summed E-state index contributed by atoms with van der Waals surface area (Å²) in [7, 11) is 2.14. The van der Waals surface area contributed by atoms with E-state index < -0.39 is 0 Å². The Bertz CT molecular complexity index is 357. The van der Waals surface area contributed by atoms with Crippen molar-refractivity contribution in [3.05, 3.63) is 29.6 Å². The first-order chi connectivity index (χ1) is 7.65. The van der Waals surface area contributed by atoms with Gasteiger partial charge in [0.25, 0.3) is 0 Å². The number of halogens is 1. The fourth-order valence-corrected chi connectivity index (χ4v) is 2.31. The lowest BCUT2D eigenvalue weighted by Crippen LogP contribution is -2.31. The minimum atomic E-state index is -0.154. The van der Waals surface area contributed by atoms with Gasteiger partial charge in [0, 0.05) is 5.69 Å². The molecule has 1 aliphatic rings. The normalized spacial score (nSPS) is 18.9. The van der Waals surface area contributed by atoms with Crippen molar-refractivity contribution < 1.29 is 4.39 Å². The second-order valence-electron chi connectivity index (χ2n) is 4.80. The molecule has 1 heterocycles. The molecule has 1 aromatic rings. The van der Waals surface area contributed by atoms with E-state index >= 15 is 0 Å². The van der Waals surface area contributed by atoms with E-state index in [1.807, 2.05) is 6.07 Å². The number of hydrogen-bond donors (Lipinski definition) is 1. The molecule has 88 valence electrons. The summed E-state index contributed by atoms with van der Waals surface area (Å²) in [5, 5.41) is 0. The lowest BCUT2D eigenvalue weighted by Gasteiger charge is -2.29. The number of nitrogen functional groups attached to an aromatic ring is 1. The van der Waals surface area contributed by atoms with Crippen LogP contribution < -0.4 is 5.73 Å². The molecule has 0 aliphatic carbocycles. The van der Waals surface area contributed by atoms with Crippen LogP contribution in [0.2, 0.25) is 0 Å². The standard InChI is InChI=1S/C13H19FN2/c1-16-6-4-10(5-7-16)8-11-2-3-12(15)9-13(11)14/h2-3,9-10H,4-8,15H2,1H3. The van der Waals surface area contributed by atoms with Gasteiger partial charge in [-0.25, -0.2) is 4.39 Å². The first-order valence-electron chi connectivity index (χ1n) is 5.87. The van der Waals surface area contributed by atoms with Crippen LogP contribution >= 0.6 is 0 Å². The summed E-state index contributed by atoms with van der Waals surface area (Å²) in [6.07, 6.45) is 3.18. The summed E-state index contributed by atoms with van der Waals surface area (Å²) in [5.74, 6) is 0.466. The van der Waals surface area contributed by atoms with E-state index in [-0.39, 0.29) is 5.82 Å². The maximum Gasteiger partial charge on any atom is 0.128 e. The van der Waals surface area contributed by atoms with Gasteiger partial charge in [0.2, 0.25) is 0 Å². The Kier molecular flexibility index (Phi) is 3.44. The molecule has 1 saturated heterocycles. The van der Waals surface area contributed by atoms with Gasteiger partial charge in [0.05, 0.1) is 0 Å². The summed E-state index contributed by atoms with van der Waals surface area (Å²) in [4.78, 5) is 2.33. The molecule has 0 radical (unpaired) electrons. The van der Waals surface area contributed by atoms with Gasteiger partial charge in [-0.2, -0.15) is 0 Å². The number of rotatable bonds is 2. The third-order valence-electron chi connectivity index (χ3n) is 3.42. The van der Waals surface area contributed by atoms with Crippen LogP contribution in [0, 0.1) is 11.7 Å². The zero-order valence-electron chi connectivity index (χ0n) is 9.75. The molecule has 1 fully saturated rings. The van der Waals surface area contributed by atoms with E-state index in [1.54, 1.807) is 6.07 Å². The van der Waals surface area contributed by atoms with Crippen molar-refractivity contribution in [2.45, 2.75) is 19.3 Å². The Hall–Kier alpha value is -1.09. The van der Waals surface area contributed by atoms with Crippen LogP contribution in [0.1, 0.15) is 18.4 Å². The number of anilines is 1. The van der Waals surface area contributed by atoms with E-state index in [1.165, 1.54) is 18.9 Å². The van der Waals surface area contributed by atoms with E-state index in [4.69, 9.17) is 5.73 Å². The first kappa shape index (κ1) is 11.4. The van der Waals surface area contributed by atoms with Crippen molar-refractivity contribution in [3.63, 3.8) is 0 Å². The predicted molar refractivity (Wildman–Crippen MR) is 64.7 cm³/mol. The fourth-order valence-electron chi connectivity index (χ4n) is 2.31. The molecule has 2 nitrogen and oxygen atoms in total. The summed E-state index contributed by atoms with van der Waals surface area (Å²) >= 11 is 0. The van der Waals surface area contributed by atoms with Crippen LogP contribution in [0.25, 0.3) is 0 Å². The highest BCUT2D eigenvalue weighted by molar-refractivity contribution is 5.40. The third kappa shape index (κ3) is 2.73. The molecule has 2 rings (SSSR count). The van der Waals surface area contributed by atoms with E-state index in [0.29, 0.717) is 11.6 Å². The van der Waals surface area contributed by atoms with Crippen molar-refractivity contribution in [2.75, 3.05) is 25.9 Å². The minimum absolute atomic E-state index is 0.154. The number of hydrogen-bond acceptors (Lipinski definition) is 2. The quantitative estimate of drug-likeness (QED) is 0.778. The number of nitrogens with zero attached hydrogens (tertiary/aromatic N) is 1. The lowest BCUT2D eigenvalue weighted by atomic mass is 9.90. The average Bonchev–Trinajstić information content (AvgIpc) is 2.25. The Balaban J connectivity index is 1.98. The van der Waals surface area contributed by atoms with Gasteiger partial charge < -0.3 is 10.6 Å². The molecule has 0 aromatic heterocycles. The molecule has 1 aliphatic heterocycles. The summed E-state index contributed by atoms with van der Waals surface area (Å²) in [6.45, 7) is 2.25. The molecule has 1 aromatic carbocycles. The predicted octanol–water partition coefficient (Wildman–Crippen LogP) is 2.29. The molecule has 0 spiro atoms. The first-order valence-corrected chi connectivity index (χ1v) is 5.87. The molecule has 0 saturated carbocycles. The van der Waals surface area contributed by atoms with Crippen LogP contribution in [0.5, 0.6) is 0 Å². The van der Waals surface area contributed by atoms with E-state index in [0.717, 1.165) is 25.1 Å². The fraction of sp³-hybridized carbons (Fsp3) is 0.538. The van der Waals surface area contributed by atoms with Gasteiger partial charge in [-0.05, 0) is 63.0 Å². The van der Waals surface area contributed by atoms with Crippen LogP contribution in [0.15, 0.2) is 18.2 Å². The molecular weight excluding hydrogens is 203 g/mol. The second-order valence-corrected chi connectivity index (χ2v) is 4.80. The second kappa shape index (κ2) is 4.83. The van der Waals surface area contributed by atoms with Gasteiger partial charge in [0.1, 0.15) is 5.82 Å².